The summed E-state index contributed by atoms with van der Waals surface area (Å²) in [5.74, 6) is -1.60. The lowest BCUT2D eigenvalue weighted by atomic mass is 10.2. The van der Waals surface area contributed by atoms with Gasteiger partial charge in [-0.1, -0.05) is 42.1 Å². The van der Waals surface area contributed by atoms with Crippen LogP contribution in [-0.2, 0) is 11.0 Å². The summed E-state index contributed by atoms with van der Waals surface area (Å²) in [6.07, 6.45) is -2.76. The quantitative estimate of drug-likeness (QED) is 0.469. The number of rotatable bonds is 5. The van der Waals surface area contributed by atoms with Crippen molar-refractivity contribution in [1.82, 2.24) is 9.97 Å². The van der Waals surface area contributed by atoms with Crippen molar-refractivity contribution < 1.29 is 18.0 Å². The highest BCUT2D eigenvalue weighted by Gasteiger charge is 2.35. The second kappa shape index (κ2) is 8.18. The van der Waals surface area contributed by atoms with Gasteiger partial charge in [-0.3, -0.25) is 4.79 Å². The number of hydrogen-bond donors (Lipinski definition) is 1. The lowest BCUT2D eigenvalue weighted by molar-refractivity contribution is -0.145. The molecule has 0 saturated heterocycles. The standard InChI is InChI=1S/C18H14F3N3OS2/c1-26-14-9-5-4-8-13(14)22-15(25)10-27-16-11-6-2-3-7-12(11)23-17(24-16)18(19,20)21/h2-9H,10H2,1H3,(H,22,25). The minimum absolute atomic E-state index is 0.0684. The maximum absolute atomic E-state index is 13.0. The summed E-state index contributed by atoms with van der Waals surface area (Å²) < 4.78 is 39.1. The molecule has 0 fully saturated rings. The smallest absolute Gasteiger partial charge is 0.324 e. The highest BCUT2D eigenvalue weighted by atomic mass is 32.2. The van der Waals surface area contributed by atoms with E-state index in [-0.39, 0.29) is 22.2 Å². The molecule has 140 valence electrons. The molecule has 0 spiro atoms. The summed E-state index contributed by atoms with van der Waals surface area (Å²) in [4.78, 5) is 20.4. The van der Waals surface area contributed by atoms with Gasteiger partial charge in [-0.2, -0.15) is 13.2 Å². The Hall–Kier alpha value is -2.26. The number of benzene rings is 2. The summed E-state index contributed by atoms with van der Waals surface area (Å²) in [6, 6.07) is 13.7. The average molecular weight is 409 g/mol. The van der Waals surface area contributed by atoms with Crippen molar-refractivity contribution in [2.75, 3.05) is 17.3 Å². The van der Waals surface area contributed by atoms with Gasteiger partial charge in [0, 0.05) is 10.3 Å². The largest absolute Gasteiger partial charge is 0.451 e. The Morgan fingerprint density at radius 1 is 1.07 bits per heavy atom. The first-order valence-electron chi connectivity index (χ1n) is 7.78. The Morgan fingerprint density at radius 2 is 1.78 bits per heavy atom. The normalized spacial score (nSPS) is 11.6. The number of aromatic nitrogens is 2. The molecule has 1 heterocycles. The molecular weight excluding hydrogens is 395 g/mol. The molecule has 0 atom stereocenters. The Kier molecular flexibility index (Phi) is 5.91. The number of amides is 1. The third-order valence-corrected chi connectivity index (χ3v) is 5.33. The highest BCUT2D eigenvalue weighted by Crippen LogP contribution is 2.32. The number of para-hydroxylation sites is 2. The predicted molar refractivity (Wildman–Crippen MR) is 102 cm³/mol. The molecule has 3 rings (SSSR count). The van der Waals surface area contributed by atoms with Crippen LogP contribution in [-0.4, -0.2) is 27.9 Å². The summed E-state index contributed by atoms with van der Waals surface area (Å²) >= 11 is 2.44. The van der Waals surface area contributed by atoms with E-state index in [9.17, 15) is 18.0 Å². The van der Waals surface area contributed by atoms with E-state index < -0.39 is 12.0 Å². The average Bonchev–Trinajstić information content (AvgIpc) is 2.65. The fourth-order valence-corrected chi connectivity index (χ4v) is 3.73. The van der Waals surface area contributed by atoms with Gasteiger partial charge in [0.25, 0.3) is 0 Å². The van der Waals surface area contributed by atoms with Gasteiger partial charge in [-0.25, -0.2) is 9.97 Å². The molecule has 1 aromatic heterocycles. The van der Waals surface area contributed by atoms with Gasteiger partial charge in [0.15, 0.2) is 0 Å². The maximum Gasteiger partial charge on any atom is 0.451 e. The molecule has 4 nitrogen and oxygen atoms in total. The molecule has 9 heteroatoms. The van der Waals surface area contributed by atoms with Gasteiger partial charge < -0.3 is 5.32 Å². The third kappa shape index (κ3) is 4.72. The lowest BCUT2D eigenvalue weighted by Crippen LogP contribution is -2.15. The van der Waals surface area contributed by atoms with Crippen LogP contribution in [0, 0.1) is 0 Å². The van der Waals surface area contributed by atoms with E-state index in [0.717, 1.165) is 16.7 Å². The molecule has 2 aromatic carbocycles. The van der Waals surface area contributed by atoms with E-state index in [0.29, 0.717) is 11.1 Å². The lowest BCUT2D eigenvalue weighted by Gasteiger charge is -2.11. The van der Waals surface area contributed by atoms with Crippen LogP contribution in [0.15, 0.2) is 58.5 Å². The second-order valence-corrected chi connectivity index (χ2v) is 7.22. The molecule has 0 unspecified atom stereocenters. The zero-order valence-electron chi connectivity index (χ0n) is 14.1. The van der Waals surface area contributed by atoms with Crippen molar-refractivity contribution in [1.29, 1.82) is 0 Å². The van der Waals surface area contributed by atoms with Crippen LogP contribution in [0.5, 0.6) is 0 Å². The second-order valence-electron chi connectivity index (χ2n) is 5.40. The summed E-state index contributed by atoms with van der Waals surface area (Å²) in [5.41, 5.74) is 0.856. The number of carbonyl (C=O) groups excluding carboxylic acids is 1. The van der Waals surface area contributed by atoms with E-state index in [1.54, 1.807) is 30.3 Å². The molecule has 1 amide bonds. The van der Waals surface area contributed by atoms with Crippen LogP contribution in [0.4, 0.5) is 18.9 Å². The van der Waals surface area contributed by atoms with Gasteiger partial charge in [0.05, 0.1) is 17.0 Å². The minimum atomic E-state index is -4.65. The van der Waals surface area contributed by atoms with E-state index >= 15 is 0 Å². The molecule has 3 aromatic rings. The number of halogens is 3. The van der Waals surface area contributed by atoms with Crippen LogP contribution in [0.25, 0.3) is 10.9 Å². The van der Waals surface area contributed by atoms with E-state index in [2.05, 4.69) is 15.3 Å². The monoisotopic (exact) mass is 409 g/mol. The van der Waals surface area contributed by atoms with E-state index in [1.165, 1.54) is 17.8 Å². The molecule has 27 heavy (non-hydrogen) atoms. The van der Waals surface area contributed by atoms with Crippen molar-refractivity contribution in [3.8, 4) is 0 Å². The molecule has 1 N–H and O–H groups in total. The first-order valence-corrected chi connectivity index (χ1v) is 9.99. The fraction of sp³-hybridized carbons (Fsp3) is 0.167. The molecule has 0 aliphatic rings. The minimum Gasteiger partial charge on any atom is -0.324 e. The van der Waals surface area contributed by atoms with Crippen LogP contribution < -0.4 is 5.32 Å². The number of thioether (sulfide) groups is 2. The summed E-state index contributed by atoms with van der Waals surface area (Å²) in [6.45, 7) is 0. The maximum atomic E-state index is 13.0. The molecule has 0 radical (unpaired) electrons. The SMILES string of the molecule is CSc1ccccc1NC(=O)CSc1nc(C(F)(F)F)nc2ccccc12. The van der Waals surface area contributed by atoms with Crippen molar-refractivity contribution >= 4 is 46.0 Å². The van der Waals surface area contributed by atoms with Crippen molar-refractivity contribution in [2.45, 2.75) is 16.1 Å². The van der Waals surface area contributed by atoms with Crippen LogP contribution in [0.1, 0.15) is 5.82 Å². The number of carbonyl (C=O) groups is 1. The van der Waals surface area contributed by atoms with Gasteiger partial charge in [-0.05, 0) is 24.5 Å². The number of nitrogens with one attached hydrogen (secondary N) is 1. The number of alkyl halides is 3. The zero-order chi connectivity index (χ0) is 19.4. The molecular formula is C18H14F3N3OS2. The first-order chi connectivity index (χ1) is 12.9. The Balaban J connectivity index is 1.81. The van der Waals surface area contributed by atoms with Crippen LogP contribution in [0.3, 0.4) is 0 Å². The number of nitrogens with zero attached hydrogens (tertiary/aromatic N) is 2. The molecule has 0 bridgehead atoms. The zero-order valence-corrected chi connectivity index (χ0v) is 15.7. The van der Waals surface area contributed by atoms with Crippen molar-refractivity contribution in [2.24, 2.45) is 0 Å². The fourth-order valence-electron chi connectivity index (χ4n) is 2.35. The van der Waals surface area contributed by atoms with Crippen molar-refractivity contribution in [3.05, 3.63) is 54.4 Å². The molecule has 0 saturated carbocycles. The van der Waals surface area contributed by atoms with E-state index in [1.807, 2.05) is 18.4 Å². The molecule has 0 aliphatic carbocycles. The topological polar surface area (TPSA) is 54.9 Å². The Labute approximate surface area is 162 Å². The van der Waals surface area contributed by atoms with Crippen molar-refractivity contribution in [3.63, 3.8) is 0 Å². The van der Waals surface area contributed by atoms with Crippen LogP contribution in [0.2, 0.25) is 0 Å². The van der Waals surface area contributed by atoms with Crippen LogP contribution >= 0.6 is 23.5 Å². The highest BCUT2D eigenvalue weighted by molar-refractivity contribution is 8.00. The predicted octanol–water partition coefficient (Wildman–Crippen LogP) is 5.10. The Morgan fingerprint density at radius 3 is 2.52 bits per heavy atom. The van der Waals surface area contributed by atoms with E-state index in [4.69, 9.17) is 0 Å². The number of hydrogen-bond acceptors (Lipinski definition) is 5. The first kappa shape index (κ1) is 19.5. The molecule has 0 aliphatic heterocycles. The summed E-state index contributed by atoms with van der Waals surface area (Å²) in [5, 5.41) is 3.38. The number of anilines is 1. The van der Waals surface area contributed by atoms with Gasteiger partial charge in [0.2, 0.25) is 11.7 Å². The summed E-state index contributed by atoms with van der Waals surface area (Å²) in [7, 11) is 0. The van der Waals surface area contributed by atoms with Gasteiger partial charge >= 0.3 is 6.18 Å². The van der Waals surface area contributed by atoms with Gasteiger partial charge in [-0.15, -0.1) is 11.8 Å². The number of fused-ring (bicyclic) bond motifs is 1. The van der Waals surface area contributed by atoms with Gasteiger partial charge in [0.1, 0.15) is 5.03 Å². The third-order valence-electron chi connectivity index (χ3n) is 3.54. The Bertz CT molecular complexity index is 979.